The molecule has 2 N–H and O–H groups in total. The zero-order valence-corrected chi connectivity index (χ0v) is 14.5. The van der Waals surface area contributed by atoms with Crippen LogP contribution in [0.1, 0.15) is 27.3 Å². The zero-order chi connectivity index (χ0) is 18.3. The molecule has 0 bridgehead atoms. The molecule has 0 unspecified atom stereocenters. The Kier molecular flexibility index (Phi) is 4.20. The maximum absolute atomic E-state index is 12.7. The van der Waals surface area contributed by atoms with E-state index in [1.165, 1.54) is 0 Å². The monoisotopic (exact) mass is 377 g/mol. The third-order valence-corrected chi connectivity index (χ3v) is 4.89. The van der Waals surface area contributed by atoms with Gasteiger partial charge in [-0.3, -0.25) is 9.89 Å². The molecule has 9 heteroatoms. The van der Waals surface area contributed by atoms with E-state index >= 15 is 0 Å². The van der Waals surface area contributed by atoms with E-state index in [4.69, 9.17) is 21.1 Å². The summed E-state index contributed by atoms with van der Waals surface area (Å²) in [5.74, 6) is -0.0876. The van der Waals surface area contributed by atoms with E-state index in [-0.39, 0.29) is 24.6 Å². The number of hydrogen-bond donors (Lipinski definition) is 2. The summed E-state index contributed by atoms with van der Waals surface area (Å²) in [7, 11) is 0. The smallest absolute Gasteiger partial charge is 0.356 e. The van der Waals surface area contributed by atoms with Crippen LogP contribution < -0.4 is 9.47 Å². The van der Waals surface area contributed by atoms with Crippen molar-refractivity contribution in [2.75, 3.05) is 19.8 Å². The second kappa shape index (κ2) is 6.53. The standard InChI is InChI=1S/C17H16ClN3O5/c18-11-7-14-13(25-3-4-26-14)5-9(11)6-15(22)21-2-1-12-10(8-21)16(17(23)24)20-19-12/h5,7H,1-4,6,8H2,(H,19,20)(H,23,24). The quantitative estimate of drug-likeness (QED) is 0.842. The summed E-state index contributed by atoms with van der Waals surface area (Å²) in [6.45, 7) is 1.63. The number of nitrogens with one attached hydrogen (secondary N) is 1. The van der Waals surface area contributed by atoms with E-state index in [2.05, 4.69) is 10.2 Å². The molecular weight excluding hydrogens is 362 g/mol. The average Bonchev–Trinajstić information content (AvgIpc) is 3.05. The summed E-state index contributed by atoms with van der Waals surface area (Å²) < 4.78 is 11.0. The number of carboxylic acid groups (broad SMARTS) is 1. The van der Waals surface area contributed by atoms with Crippen molar-refractivity contribution < 1.29 is 24.2 Å². The minimum Gasteiger partial charge on any atom is -0.486 e. The highest BCUT2D eigenvalue weighted by atomic mass is 35.5. The van der Waals surface area contributed by atoms with Gasteiger partial charge in [0.05, 0.1) is 6.42 Å². The Labute approximate surface area is 153 Å². The third kappa shape index (κ3) is 2.96. The van der Waals surface area contributed by atoms with Crippen molar-refractivity contribution in [1.29, 1.82) is 0 Å². The number of rotatable bonds is 3. The van der Waals surface area contributed by atoms with E-state index in [1.807, 2.05) is 0 Å². The van der Waals surface area contributed by atoms with Gasteiger partial charge in [-0.1, -0.05) is 11.6 Å². The van der Waals surface area contributed by atoms with Crippen LogP contribution in [-0.2, 0) is 24.2 Å². The van der Waals surface area contributed by atoms with Crippen LogP contribution in [0.25, 0.3) is 0 Å². The average molecular weight is 378 g/mol. The first-order chi connectivity index (χ1) is 12.5. The molecule has 2 aromatic rings. The molecule has 1 amide bonds. The van der Waals surface area contributed by atoms with Crippen molar-refractivity contribution in [3.8, 4) is 11.5 Å². The minimum absolute atomic E-state index is 0.0325. The Balaban J connectivity index is 1.52. The number of carboxylic acids is 1. The van der Waals surface area contributed by atoms with Crippen LogP contribution in [0.15, 0.2) is 12.1 Å². The highest BCUT2D eigenvalue weighted by molar-refractivity contribution is 6.31. The highest BCUT2D eigenvalue weighted by Gasteiger charge is 2.28. The van der Waals surface area contributed by atoms with Crippen LogP contribution in [-0.4, -0.2) is 51.8 Å². The molecule has 136 valence electrons. The predicted octanol–water partition coefficient (Wildman–Crippen LogP) is 1.66. The summed E-state index contributed by atoms with van der Waals surface area (Å²) in [6.07, 6.45) is 0.640. The lowest BCUT2D eigenvalue weighted by atomic mass is 10.0. The summed E-state index contributed by atoms with van der Waals surface area (Å²) in [6, 6.07) is 3.39. The van der Waals surface area contributed by atoms with Gasteiger partial charge < -0.3 is 19.5 Å². The van der Waals surface area contributed by atoms with Gasteiger partial charge in [-0.25, -0.2) is 4.79 Å². The topological polar surface area (TPSA) is 105 Å². The number of aromatic nitrogens is 2. The minimum atomic E-state index is -1.10. The number of nitrogens with zero attached hydrogens (tertiary/aromatic N) is 2. The largest absolute Gasteiger partial charge is 0.486 e. The molecule has 0 fully saturated rings. The van der Waals surface area contributed by atoms with Crippen molar-refractivity contribution in [3.63, 3.8) is 0 Å². The number of halogens is 1. The maximum Gasteiger partial charge on any atom is 0.356 e. The lowest BCUT2D eigenvalue weighted by Crippen LogP contribution is -2.37. The molecule has 2 aliphatic heterocycles. The maximum atomic E-state index is 12.7. The molecule has 0 saturated carbocycles. The fourth-order valence-corrected chi connectivity index (χ4v) is 3.42. The SMILES string of the molecule is O=C(O)c1n[nH]c2c1CN(C(=O)Cc1cc3c(cc1Cl)OCCO3)CC2. The first-order valence-corrected chi connectivity index (χ1v) is 8.56. The number of carbonyl (C=O) groups excluding carboxylic acids is 1. The molecule has 2 aliphatic rings. The fraction of sp³-hybridized carbons (Fsp3) is 0.353. The lowest BCUT2D eigenvalue weighted by molar-refractivity contribution is -0.131. The molecule has 0 aliphatic carbocycles. The Morgan fingerprint density at radius 2 is 2.00 bits per heavy atom. The first-order valence-electron chi connectivity index (χ1n) is 8.18. The van der Waals surface area contributed by atoms with Crippen LogP contribution in [0.4, 0.5) is 0 Å². The Morgan fingerprint density at radius 1 is 1.27 bits per heavy atom. The van der Waals surface area contributed by atoms with E-state index in [1.54, 1.807) is 17.0 Å². The summed E-state index contributed by atoms with van der Waals surface area (Å²) in [5.41, 5.74) is 1.95. The zero-order valence-electron chi connectivity index (χ0n) is 13.7. The summed E-state index contributed by atoms with van der Waals surface area (Å²) >= 11 is 6.28. The molecule has 1 aromatic heterocycles. The van der Waals surface area contributed by atoms with Gasteiger partial charge >= 0.3 is 5.97 Å². The van der Waals surface area contributed by atoms with Crippen molar-refractivity contribution in [2.45, 2.75) is 19.4 Å². The fourth-order valence-electron chi connectivity index (χ4n) is 3.20. The number of aromatic amines is 1. The van der Waals surface area contributed by atoms with Crippen LogP contribution in [0.5, 0.6) is 11.5 Å². The van der Waals surface area contributed by atoms with E-state index in [0.717, 1.165) is 5.69 Å². The number of fused-ring (bicyclic) bond motifs is 2. The van der Waals surface area contributed by atoms with Crippen molar-refractivity contribution in [1.82, 2.24) is 15.1 Å². The van der Waals surface area contributed by atoms with Gasteiger partial charge in [-0.15, -0.1) is 0 Å². The normalized spacial score (nSPS) is 15.5. The molecule has 3 heterocycles. The molecule has 8 nitrogen and oxygen atoms in total. The number of hydrogen-bond acceptors (Lipinski definition) is 5. The molecule has 0 saturated heterocycles. The van der Waals surface area contributed by atoms with Gasteiger partial charge in [0.15, 0.2) is 17.2 Å². The van der Waals surface area contributed by atoms with Gasteiger partial charge in [-0.05, 0) is 11.6 Å². The van der Waals surface area contributed by atoms with Crippen molar-refractivity contribution in [2.24, 2.45) is 0 Å². The Hall–Kier alpha value is -2.74. The van der Waals surface area contributed by atoms with Crippen LogP contribution >= 0.6 is 11.6 Å². The predicted molar refractivity (Wildman–Crippen MR) is 90.8 cm³/mol. The van der Waals surface area contributed by atoms with Crippen LogP contribution in [0, 0.1) is 0 Å². The molecule has 26 heavy (non-hydrogen) atoms. The number of carbonyl (C=O) groups is 2. The summed E-state index contributed by atoms with van der Waals surface area (Å²) in [4.78, 5) is 25.6. The van der Waals surface area contributed by atoms with Crippen molar-refractivity contribution in [3.05, 3.63) is 39.7 Å². The van der Waals surface area contributed by atoms with Gasteiger partial charge in [0.1, 0.15) is 13.2 Å². The number of amides is 1. The highest BCUT2D eigenvalue weighted by Crippen LogP contribution is 2.35. The van der Waals surface area contributed by atoms with E-state index < -0.39 is 5.97 Å². The Bertz CT molecular complexity index is 895. The first kappa shape index (κ1) is 16.7. The number of ether oxygens (including phenoxy) is 2. The number of H-pyrrole nitrogens is 1. The number of aromatic carboxylic acids is 1. The van der Waals surface area contributed by atoms with Gasteiger partial charge in [-0.2, -0.15) is 5.10 Å². The van der Waals surface area contributed by atoms with Crippen LogP contribution in [0.2, 0.25) is 5.02 Å². The van der Waals surface area contributed by atoms with Gasteiger partial charge in [0.25, 0.3) is 0 Å². The molecule has 0 atom stereocenters. The molecule has 0 spiro atoms. The second-order valence-corrected chi connectivity index (χ2v) is 6.57. The third-order valence-electron chi connectivity index (χ3n) is 4.54. The number of benzene rings is 1. The van der Waals surface area contributed by atoms with Crippen molar-refractivity contribution >= 4 is 23.5 Å². The van der Waals surface area contributed by atoms with Gasteiger partial charge in [0, 0.05) is 41.9 Å². The molecule has 4 rings (SSSR count). The van der Waals surface area contributed by atoms with Gasteiger partial charge in [0.2, 0.25) is 5.91 Å². The summed E-state index contributed by atoms with van der Waals surface area (Å²) in [5, 5.41) is 16.2. The lowest BCUT2D eigenvalue weighted by Gasteiger charge is -2.27. The van der Waals surface area contributed by atoms with E-state index in [9.17, 15) is 14.7 Å². The Morgan fingerprint density at radius 3 is 2.73 bits per heavy atom. The second-order valence-electron chi connectivity index (χ2n) is 6.16. The molecule has 1 aromatic carbocycles. The van der Waals surface area contributed by atoms with Crippen LogP contribution in [0.3, 0.4) is 0 Å². The molecular formula is C17H16ClN3O5. The van der Waals surface area contributed by atoms with E-state index in [0.29, 0.717) is 53.8 Å². The molecule has 0 radical (unpaired) electrons.